The van der Waals surface area contributed by atoms with Crippen molar-refractivity contribution in [1.82, 2.24) is 15.0 Å². The van der Waals surface area contributed by atoms with E-state index in [4.69, 9.17) is 12.3 Å². The summed E-state index contributed by atoms with van der Waals surface area (Å²) in [6.45, 7) is 11.1. The summed E-state index contributed by atoms with van der Waals surface area (Å²) >= 11 is 1.32. The van der Waals surface area contributed by atoms with Crippen molar-refractivity contribution in [2.24, 2.45) is 5.73 Å². The zero-order valence-electron chi connectivity index (χ0n) is 18.2. The van der Waals surface area contributed by atoms with Crippen molar-refractivity contribution in [3.63, 3.8) is 0 Å². The molecule has 2 heterocycles. The first-order chi connectivity index (χ1) is 15.4. The summed E-state index contributed by atoms with van der Waals surface area (Å²) in [7, 11) is 0. The van der Waals surface area contributed by atoms with Gasteiger partial charge >= 0.3 is 0 Å². The third kappa shape index (κ3) is 5.03. The number of H-pyrrole nitrogens is 1. The van der Waals surface area contributed by atoms with E-state index in [0.717, 1.165) is 53.7 Å². The van der Waals surface area contributed by atoms with Crippen LogP contribution in [0.4, 0.5) is 17.2 Å². The number of anilines is 2. The van der Waals surface area contributed by atoms with Crippen molar-refractivity contribution in [3.8, 4) is 0 Å². The second-order valence-corrected chi connectivity index (χ2v) is 9.21. The minimum Gasteiger partial charge on any atom is -0.382 e. The van der Waals surface area contributed by atoms with Crippen LogP contribution in [0.3, 0.4) is 0 Å². The third-order valence-electron chi connectivity index (χ3n) is 5.82. The number of rotatable bonds is 6. The summed E-state index contributed by atoms with van der Waals surface area (Å²) in [6.07, 6.45) is 5.82. The number of aryl methyl sites for hydroxylation is 2. The number of nitrogens with two attached hydrogens (primary N) is 1. The molecule has 0 bridgehead atoms. The molecule has 1 aliphatic rings. The summed E-state index contributed by atoms with van der Waals surface area (Å²) in [5.74, 6) is 0.461. The average molecular weight is 450 g/mol. The molecule has 5 N–H and O–H groups in total. The van der Waals surface area contributed by atoms with Gasteiger partial charge in [0, 0.05) is 29.0 Å². The van der Waals surface area contributed by atoms with Crippen molar-refractivity contribution in [1.29, 1.82) is 0 Å². The fourth-order valence-corrected chi connectivity index (χ4v) is 4.60. The van der Waals surface area contributed by atoms with E-state index >= 15 is 0 Å². The van der Waals surface area contributed by atoms with Crippen LogP contribution in [0, 0.1) is 20.4 Å². The number of hydrogen-bond acceptors (Lipinski definition) is 6. The molecule has 0 spiro atoms. The van der Waals surface area contributed by atoms with Crippen molar-refractivity contribution in [2.75, 3.05) is 16.4 Å². The SMILES string of the molecule is [C-]#[N+]c1ncc2[nH]c(SCC(=O)Nc3ccc(C)c(NC4CCC(N)CC4)c3)nc2c1C. The Morgan fingerprint density at radius 1 is 1.31 bits per heavy atom. The molecule has 0 radical (unpaired) electrons. The van der Waals surface area contributed by atoms with Crippen LogP contribution in [0.2, 0.25) is 0 Å². The number of benzene rings is 1. The first-order valence-electron chi connectivity index (χ1n) is 10.7. The molecule has 2 aromatic heterocycles. The topological polar surface area (TPSA) is 113 Å². The highest BCUT2D eigenvalue weighted by molar-refractivity contribution is 7.99. The van der Waals surface area contributed by atoms with E-state index in [2.05, 4.69) is 37.4 Å². The van der Waals surface area contributed by atoms with Crippen molar-refractivity contribution >= 4 is 45.9 Å². The normalized spacial score (nSPS) is 18.3. The van der Waals surface area contributed by atoms with Gasteiger partial charge in [-0.25, -0.2) is 4.98 Å². The summed E-state index contributed by atoms with van der Waals surface area (Å²) in [6, 6.07) is 6.67. The minimum absolute atomic E-state index is 0.106. The second kappa shape index (κ2) is 9.59. The number of aromatic amines is 1. The number of aromatic nitrogens is 3. The molecular weight excluding hydrogens is 422 g/mol. The fraction of sp³-hybridized carbons (Fsp3) is 0.391. The highest BCUT2D eigenvalue weighted by Crippen LogP contribution is 2.28. The summed E-state index contributed by atoms with van der Waals surface area (Å²) in [4.78, 5) is 27.7. The number of pyridine rings is 1. The maximum Gasteiger partial charge on any atom is 0.274 e. The Hall–Kier alpha value is -3.09. The maximum absolute atomic E-state index is 12.5. The molecule has 4 rings (SSSR count). The highest BCUT2D eigenvalue weighted by Gasteiger charge is 2.19. The molecule has 1 saturated carbocycles. The fourth-order valence-electron chi connectivity index (χ4n) is 3.92. The van der Waals surface area contributed by atoms with Crippen molar-refractivity contribution < 1.29 is 4.79 Å². The molecule has 8 nitrogen and oxygen atoms in total. The van der Waals surface area contributed by atoms with Crippen LogP contribution in [0.25, 0.3) is 15.9 Å². The van der Waals surface area contributed by atoms with Gasteiger partial charge in [0.05, 0.1) is 11.3 Å². The number of amides is 1. The number of imidazole rings is 1. The molecule has 1 aliphatic carbocycles. The van der Waals surface area contributed by atoms with Crippen LogP contribution >= 0.6 is 11.8 Å². The molecule has 0 aliphatic heterocycles. The Labute approximate surface area is 191 Å². The molecule has 1 amide bonds. The zero-order chi connectivity index (χ0) is 22.7. The molecule has 166 valence electrons. The zero-order valence-corrected chi connectivity index (χ0v) is 19.1. The molecule has 1 aromatic carbocycles. The van der Waals surface area contributed by atoms with Gasteiger partial charge < -0.3 is 26.2 Å². The number of nitrogens with zero attached hydrogens (tertiary/aromatic N) is 3. The molecule has 9 heteroatoms. The third-order valence-corrected chi connectivity index (χ3v) is 6.69. The predicted molar refractivity (Wildman–Crippen MR) is 129 cm³/mol. The van der Waals surface area contributed by atoms with Gasteiger partial charge in [0.25, 0.3) is 5.82 Å². The quantitative estimate of drug-likeness (QED) is 0.325. The predicted octanol–water partition coefficient (Wildman–Crippen LogP) is 4.54. The lowest BCUT2D eigenvalue weighted by Gasteiger charge is -2.28. The summed E-state index contributed by atoms with van der Waals surface area (Å²) < 4.78 is 0. The van der Waals surface area contributed by atoms with Crippen LogP contribution in [0.15, 0.2) is 29.6 Å². The van der Waals surface area contributed by atoms with Crippen LogP contribution in [0.1, 0.15) is 36.8 Å². The molecule has 0 atom stereocenters. The van der Waals surface area contributed by atoms with E-state index in [1.807, 2.05) is 25.1 Å². The van der Waals surface area contributed by atoms with E-state index in [1.165, 1.54) is 11.8 Å². The lowest BCUT2D eigenvalue weighted by Crippen LogP contribution is -2.33. The Morgan fingerprint density at radius 3 is 2.84 bits per heavy atom. The monoisotopic (exact) mass is 449 g/mol. The Morgan fingerprint density at radius 2 is 2.09 bits per heavy atom. The summed E-state index contributed by atoms with van der Waals surface area (Å²) in [5.41, 5.74) is 11.2. The number of nitrogens with one attached hydrogen (secondary N) is 3. The van der Waals surface area contributed by atoms with Gasteiger partial charge in [-0.2, -0.15) is 0 Å². The van der Waals surface area contributed by atoms with E-state index in [9.17, 15) is 4.79 Å². The van der Waals surface area contributed by atoms with Gasteiger partial charge in [0.1, 0.15) is 11.7 Å². The molecule has 0 saturated heterocycles. The van der Waals surface area contributed by atoms with Crippen LogP contribution in [-0.2, 0) is 4.79 Å². The lowest BCUT2D eigenvalue weighted by molar-refractivity contribution is -0.113. The van der Waals surface area contributed by atoms with Crippen LogP contribution < -0.4 is 16.4 Å². The van der Waals surface area contributed by atoms with Crippen LogP contribution in [-0.4, -0.2) is 38.7 Å². The first kappa shape index (κ1) is 22.1. The van der Waals surface area contributed by atoms with E-state index < -0.39 is 0 Å². The Bertz CT molecular complexity index is 1180. The number of fused-ring (bicyclic) bond motifs is 1. The van der Waals surface area contributed by atoms with E-state index in [1.54, 1.807) is 6.20 Å². The molecule has 0 unspecified atom stereocenters. The second-order valence-electron chi connectivity index (χ2n) is 8.25. The molecule has 3 aromatic rings. The van der Waals surface area contributed by atoms with Gasteiger partial charge in [0.15, 0.2) is 5.16 Å². The first-order valence-corrected chi connectivity index (χ1v) is 11.7. The maximum atomic E-state index is 12.5. The largest absolute Gasteiger partial charge is 0.382 e. The van der Waals surface area contributed by atoms with Gasteiger partial charge in [0.2, 0.25) is 5.91 Å². The van der Waals surface area contributed by atoms with E-state index in [-0.39, 0.29) is 11.7 Å². The Kier molecular flexibility index (Phi) is 6.63. The van der Waals surface area contributed by atoms with Gasteiger partial charge in [-0.15, -0.1) is 4.98 Å². The van der Waals surface area contributed by atoms with E-state index in [0.29, 0.717) is 28.6 Å². The van der Waals surface area contributed by atoms with Crippen molar-refractivity contribution in [2.45, 2.75) is 56.8 Å². The highest BCUT2D eigenvalue weighted by atomic mass is 32.2. The number of hydrogen-bond donors (Lipinski definition) is 4. The molecular formula is C23H27N7OS. The molecule has 1 fully saturated rings. The molecule has 32 heavy (non-hydrogen) atoms. The van der Waals surface area contributed by atoms with Gasteiger partial charge in [-0.3, -0.25) is 4.79 Å². The number of carbonyl (C=O) groups excluding carboxylic acids is 1. The number of carbonyl (C=O) groups is 1. The average Bonchev–Trinajstić information content (AvgIpc) is 3.21. The minimum atomic E-state index is -0.106. The standard InChI is InChI=1S/C23H27N7OS/c1-13-4-7-17(10-18(13)27-16-8-5-15(24)6-9-16)28-20(31)12-32-23-29-19-11-26-22(25-3)14(2)21(19)30-23/h4,7,10-11,15-16,27H,5-6,8-9,12,24H2,1-2H3,(H,28,31)(H,29,30). The van der Waals surface area contributed by atoms with Crippen molar-refractivity contribution in [3.05, 3.63) is 46.9 Å². The van der Waals surface area contributed by atoms with Crippen LogP contribution in [0.5, 0.6) is 0 Å². The van der Waals surface area contributed by atoms with Gasteiger partial charge in [-0.1, -0.05) is 24.4 Å². The smallest absolute Gasteiger partial charge is 0.274 e. The number of thioether (sulfide) groups is 1. The lowest BCUT2D eigenvalue weighted by atomic mass is 9.91. The Balaban J connectivity index is 1.36. The summed E-state index contributed by atoms with van der Waals surface area (Å²) in [5, 5.41) is 7.22. The van der Waals surface area contributed by atoms with Gasteiger partial charge in [-0.05, 0) is 57.2 Å².